The highest BCUT2D eigenvalue weighted by molar-refractivity contribution is 7.09. The van der Waals surface area contributed by atoms with Crippen LogP contribution < -0.4 is 4.74 Å². The van der Waals surface area contributed by atoms with Gasteiger partial charge in [0.05, 0.1) is 18.0 Å². The van der Waals surface area contributed by atoms with Crippen molar-refractivity contribution >= 4 is 17.3 Å². The van der Waals surface area contributed by atoms with Gasteiger partial charge in [0.2, 0.25) is 0 Å². The first-order valence-corrected chi connectivity index (χ1v) is 6.50. The van der Waals surface area contributed by atoms with Crippen molar-refractivity contribution < 1.29 is 14.6 Å². The van der Waals surface area contributed by atoms with Crippen LogP contribution >= 0.6 is 11.3 Å². The normalized spacial score (nSPS) is 17.2. The summed E-state index contributed by atoms with van der Waals surface area (Å²) in [5, 5.41) is 11.5. The Morgan fingerprint density at radius 1 is 1.50 bits per heavy atom. The van der Waals surface area contributed by atoms with Gasteiger partial charge in [-0.15, -0.1) is 11.3 Å². The maximum Gasteiger partial charge on any atom is 0.309 e. The Morgan fingerprint density at radius 2 is 2.33 bits per heavy atom. The molecule has 1 N–H and O–H groups in total. The van der Waals surface area contributed by atoms with Crippen LogP contribution in [-0.4, -0.2) is 22.7 Å². The Bertz CT molecular complexity index is 593. The molecule has 1 aromatic carbocycles. The van der Waals surface area contributed by atoms with E-state index in [-0.39, 0.29) is 12.3 Å². The highest BCUT2D eigenvalue weighted by Crippen LogP contribution is 2.38. The lowest BCUT2D eigenvalue weighted by Gasteiger charge is -2.03. The molecule has 0 aliphatic carbocycles. The van der Waals surface area contributed by atoms with Gasteiger partial charge in [0.1, 0.15) is 17.4 Å². The lowest BCUT2D eigenvalue weighted by Crippen LogP contribution is -2.04. The molecule has 0 bridgehead atoms. The molecule has 1 aliphatic rings. The predicted molar refractivity (Wildman–Crippen MR) is 67.2 cm³/mol. The summed E-state index contributed by atoms with van der Waals surface area (Å²) in [6.45, 7) is 0.583. The van der Waals surface area contributed by atoms with Gasteiger partial charge in [-0.25, -0.2) is 4.98 Å². The number of hydrogen-bond donors (Lipinski definition) is 1. The number of aromatic nitrogens is 1. The van der Waals surface area contributed by atoms with E-state index in [0.29, 0.717) is 12.3 Å². The molecule has 2 heterocycles. The number of thiazole rings is 1. The van der Waals surface area contributed by atoms with Crippen LogP contribution in [0.25, 0.3) is 0 Å². The van der Waals surface area contributed by atoms with Crippen molar-refractivity contribution in [2.45, 2.75) is 12.3 Å². The number of ether oxygens (including phenoxy) is 1. The predicted octanol–water partition coefficient (Wildman–Crippen LogP) is 2.29. The average Bonchev–Trinajstić information content (AvgIpc) is 2.94. The van der Waals surface area contributed by atoms with Gasteiger partial charge in [0, 0.05) is 10.9 Å². The number of carboxylic acids is 1. The Hall–Kier alpha value is -1.88. The molecule has 1 aliphatic heterocycles. The first-order valence-electron chi connectivity index (χ1n) is 5.62. The smallest absolute Gasteiger partial charge is 0.309 e. The summed E-state index contributed by atoms with van der Waals surface area (Å²) in [7, 11) is 0. The zero-order valence-electron chi connectivity index (χ0n) is 9.50. The zero-order chi connectivity index (χ0) is 12.5. The van der Waals surface area contributed by atoms with Gasteiger partial charge in [0.25, 0.3) is 0 Å². The van der Waals surface area contributed by atoms with Gasteiger partial charge in [0.15, 0.2) is 0 Å². The van der Waals surface area contributed by atoms with Crippen LogP contribution in [0.3, 0.4) is 0 Å². The van der Waals surface area contributed by atoms with Crippen molar-refractivity contribution in [3.8, 4) is 5.75 Å². The van der Waals surface area contributed by atoms with Crippen molar-refractivity contribution in [3.63, 3.8) is 0 Å². The van der Waals surface area contributed by atoms with Gasteiger partial charge in [-0.1, -0.05) is 18.2 Å². The van der Waals surface area contributed by atoms with E-state index >= 15 is 0 Å². The number of fused-ring (bicyclic) bond motifs is 1. The summed E-state index contributed by atoms with van der Waals surface area (Å²) in [6.07, 6.45) is -0.0221. The summed E-state index contributed by atoms with van der Waals surface area (Å²) >= 11 is 1.50. The zero-order valence-corrected chi connectivity index (χ0v) is 10.3. The lowest BCUT2D eigenvalue weighted by molar-refractivity contribution is -0.136. The topological polar surface area (TPSA) is 59.4 Å². The fourth-order valence-corrected chi connectivity index (χ4v) is 3.01. The first kappa shape index (κ1) is 11.2. The highest BCUT2D eigenvalue weighted by atomic mass is 32.1. The van der Waals surface area contributed by atoms with E-state index in [1.54, 1.807) is 0 Å². The molecule has 18 heavy (non-hydrogen) atoms. The summed E-state index contributed by atoms with van der Waals surface area (Å²) in [4.78, 5) is 15.0. The fraction of sp³-hybridized carbons (Fsp3) is 0.231. The Labute approximate surface area is 108 Å². The number of hydrogen-bond acceptors (Lipinski definition) is 4. The van der Waals surface area contributed by atoms with Gasteiger partial charge in [-0.05, 0) is 6.07 Å². The Balaban J connectivity index is 1.88. The van der Waals surface area contributed by atoms with E-state index in [9.17, 15) is 4.79 Å². The van der Waals surface area contributed by atoms with Crippen LogP contribution in [0, 0.1) is 0 Å². The number of nitrogens with zero attached hydrogens (tertiary/aromatic N) is 1. The summed E-state index contributed by atoms with van der Waals surface area (Å²) < 4.78 is 5.61. The third-order valence-electron chi connectivity index (χ3n) is 2.90. The van der Waals surface area contributed by atoms with Crippen LogP contribution in [0.5, 0.6) is 5.75 Å². The van der Waals surface area contributed by atoms with Crippen molar-refractivity contribution in [2.24, 2.45) is 0 Å². The van der Waals surface area contributed by atoms with Gasteiger partial charge >= 0.3 is 5.97 Å². The molecule has 0 saturated heterocycles. The van der Waals surface area contributed by atoms with Crippen LogP contribution in [0.15, 0.2) is 29.6 Å². The molecule has 3 rings (SSSR count). The van der Waals surface area contributed by atoms with Gasteiger partial charge in [-0.3, -0.25) is 4.79 Å². The number of carbonyl (C=O) groups is 1. The summed E-state index contributed by atoms with van der Waals surface area (Å²) in [5.74, 6) is 0.182. The van der Waals surface area contributed by atoms with E-state index in [2.05, 4.69) is 4.98 Å². The average molecular weight is 261 g/mol. The SMILES string of the molecule is O=C(O)Cc1csc(C2COc3ccccc32)n1. The number of aliphatic carboxylic acids is 1. The molecular formula is C13H11NO3S. The number of carboxylic acid groups (broad SMARTS) is 1. The molecule has 1 atom stereocenters. The Morgan fingerprint density at radius 3 is 3.17 bits per heavy atom. The van der Waals surface area contributed by atoms with Crippen LogP contribution in [-0.2, 0) is 11.2 Å². The summed E-state index contributed by atoms with van der Waals surface area (Å²) in [6, 6.07) is 7.90. The van der Waals surface area contributed by atoms with Crippen molar-refractivity contribution in [3.05, 3.63) is 45.9 Å². The maximum absolute atomic E-state index is 10.6. The largest absolute Gasteiger partial charge is 0.492 e. The van der Waals surface area contributed by atoms with Crippen LogP contribution in [0.2, 0.25) is 0 Å². The molecule has 2 aromatic rings. The fourth-order valence-electron chi connectivity index (χ4n) is 2.09. The van der Waals surface area contributed by atoms with E-state index in [0.717, 1.165) is 16.3 Å². The molecule has 4 nitrogen and oxygen atoms in total. The third-order valence-corrected chi connectivity index (χ3v) is 3.91. The van der Waals surface area contributed by atoms with E-state index in [4.69, 9.17) is 9.84 Å². The second-order valence-corrected chi connectivity index (χ2v) is 5.04. The van der Waals surface area contributed by atoms with E-state index < -0.39 is 5.97 Å². The van der Waals surface area contributed by atoms with Gasteiger partial charge in [-0.2, -0.15) is 0 Å². The number of para-hydroxylation sites is 1. The molecule has 0 fully saturated rings. The lowest BCUT2D eigenvalue weighted by atomic mass is 10.0. The molecular weight excluding hydrogens is 250 g/mol. The second-order valence-electron chi connectivity index (χ2n) is 4.15. The minimum Gasteiger partial charge on any atom is -0.492 e. The minimum absolute atomic E-state index is 0.0221. The maximum atomic E-state index is 10.6. The van der Waals surface area contributed by atoms with Crippen LogP contribution in [0.1, 0.15) is 22.2 Å². The molecule has 1 unspecified atom stereocenters. The molecule has 0 radical (unpaired) electrons. The van der Waals surface area contributed by atoms with Crippen molar-refractivity contribution in [2.75, 3.05) is 6.61 Å². The van der Waals surface area contributed by atoms with Crippen LogP contribution in [0.4, 0.5) is 0 Å². The molecule has 0 spiro atoms. The molecule has 5 heteroatoms. The van der Waals surface area contributed by atoms with E-state index in [1.807, 2.05) is 29.6 Å². The van der Waals surface area contributed by atoms with Crippen molar-refractivity contribution in [1.29, 1.82) is 0 Å². The third kappa shape index (κ3) is 1.97. The number of rotatable bonds is 3. The molecule has 0 saturated carbocycles. The van der Waals surface area contributed by atoms with Gasteiger partial charge < -0.3 is 9.84 Å². The van der Waals surface area contributed by atoms with E-state index in [1.165, 1.54) is 11.3 Å². The Kier molecular flexibility index (Phi) is 2.76. The molecule has 1 aromatic heterocycles. The first-order chi connectivity index (χ1) is 8.74. The number of benzene rings is 1. The second kappa shape index (κ2) is 4.42. The molecule has 0 amide bonds. The molecule has 92 valence electrons. The standard InChI is InChI=1S/C13H11NO3S/c15-12(16)5-8-7-18-13(14-8)10-6-17-11-4-2-1-3-9(10)11/h1-4,7,10H,5-6H2,(H,15,16). The van der Waals surface area contributed by atoms with Crippen molar-refractivity contribution in [1.82, 2.24) is 4.98 Å². The minimum atomic E-state index is -0.852. The monoisotopic (exact) mass is 261 g/mol. The summed E-state index contributed by atoms with van der Waals surface area (Å²) in [5.41, 5.74) is 1.75. The quantitative estimate of drug-likeness (QED) is 0.921. The highest BCUT2D eigenvalue weighted by Gasteiger charge is 2.27.